The van der Waals surface area contributed by atoms with Crippen LogP contribution in [0.3, 0.4) is 0 Å². The van der Waals surface area contributed by atoms with Crippen molar-refractivity contribution in [2.24, 2.45) is 0 Å². The Labute approximate surface area is 93.6 Å². The van der Waals surface area contributed by atoms with Gasteiger partial charge in [-0.15, -0.1) is 0 Å². The number of amides is 1. The van der Waals surface area contributed by atoms with Gasteiger partial charge in [0.05, 0.1) is 6.54 Å². The second kappa shape index (κ2) is 8.68. The van der Waals surface area contributed by atoms with Gasteiger partial charge in [-0.3, -0.25) is 4.79 Å². The van der Waals surface area contributed by atoms with Crippen LogP contribution in [-0.2, 0) is 4.79 Å². The van der Waals surface area contributed by atoms with Crippen molar-refractivity contribution in [2.75, 3.05) is 46.8 Å². The zero-order valence-electron chi connectivity index (χ0n) is 10.5. The van der Waals surface area contributed by atoms with Crippen LogP contribution in [0, 0.1) is 0 Å². The minimum Gasteiger partial charge on any atom is -0.342 e. The molecular formula is C11H25N3O. The first kappa shape index (κ1) is 14.4. The average Bonchev–Trinajstić information content (AvgIpc) is 2.18. The van der Waals surface area contributed by atoms with E-state index < -0.39 is 0 Å². The molecule has 0 atom stereocenters. The summed E-state index contributed by atoms with van der Waals surface area (Å²) in [5.41, 5.74) is 0. The zero-order chi connectivity index (χ0) is 11.7. The van der Waals surface area contributed by atoms with Gasteiger partial charge in [0.2, 0.25) is 5.91 Å². The molecule has 0 unspecified atom stereocenters. The Morgan fingerprint density at radius 2 is 1.80 bits per heavy atom. The summed E-state index contributed by atoms with van der Waals surface area (Å²) in [6.45, 7) is 8.05. The Kier molecular flexibility index (Phi) is 8.33. The Balaban J connectivity index is 3.46. The molecule has 0 heterocycles. The molecular weight excluding hydrogens is 190 g/mol. The highest BCUT2D eigenvalue weighted by Gasteiger charge is 2.07. The van der Waals surface area contributed by atoms with Crippen molar-refractivity contribution >= 4 is 5.91 Å². The van der Waals surface area contributed by atoms with Crippen molar-refractivity contribution < 1.29 is 4.79 Å². The lowest BCUT2D eigenvalue weighted by Gasteiger charge is -2.18. The smallest absolute Gasteiger partial charge is 0.236 e. The highest BCUT2D eigenvalue weighted by atomic mass is 16.2. The molecule has 0 aromatic carbocycles. The third-order valence-electron chi connectivity index (χ3n) is 2.35. The molecule has 1 N–H and O–H groups in total. The summed E-state index contributed by atoms with van der Waals surface area (Å²) in [7, 11) is 4.11. The standard InChI is InChI=1S/C11H25N3O/c1-5-14(6-2)11(15)10-12-8-7-9-13(3)4/h12H,5-10H2,1-4H3. The van der Waals surface area contributed by atoms with E-state index in [2.05, 4.69) is 24.3 Å². The predicted octanol–water partition coefficient (Wildman–Crippen LogP) is 0.396. The Morgan fingerprint density at radius 1 is 1.20 bits per heavy atom. The molecule has 15 heavy (non-hydrogen) atoms. The number of hydrogen-bond donors (Lipinski definition) is 1. The van der Waals surface area contributed by atoms with E-state index in [4.69, 9.17) is 0 Å². The van der Waals surface area contributed by atoms with Gasteiger partial charge in [-0.25, -0.2) is 0 Å². The van der Waals surface area contributed by atoms with Crippen molar-refractivity contribution in [2.45, 2.75) is 20.3 Å². The molecule has 0 aliphatic carbocycles. The number of nitrogens with one attached hydrogen (secondary N) is 1. The van der Waals surface area contributed by atoms with E-state index in [9.17, 15) is 4.79 Å². The van der Waals surface area contributed by atoms with Crippen molar-refractivity contribution in [1.29, 1.82) is 0 Å². The van der Waals surface area contributed by atoms with Crippen molar-refractivity contribution in [1.82, 2.24) is 15.1 Å². The molecule has 0 rings (SSSR count). The normalized spacial score (nSPS) is 10.7. The fraction of sp³-hybridized carbons (Fsp3) is 0.909. The van der Waals surface area contributed by atoms with Crippen LogP contribution >= 0.6 is 0 Å². The second-order valence-electron chi connectivity index (χ2n) is 3.90. The molecule has 0 radical (unpaired) electrons. The Bertz CT molecular complexity index is 167. The van der Waals surface area contributed by atoms with E-state index >= 15 is 0 Å². The third-order valence-corrected chi connectivity index (χ3v) is 2.35. The Hall–Kier alpha value is -0.610. The number of rotatable bonds is 8. The first-order chi connectivity index (χ1) is 7.11. The van der Waals surface area contributed by atoms with Crippen molar-refractivity contribution in [3.63, 3.8) is 0 Å². The number of carbonyl (C=O) groups excluding carboxylic acids is 1. The van der Waals surface area contributed by atoms with Crippen LogP contribution in [-0.4, -0.2) is 62.5 Å². The first-order valence-corrected chi connectivity index (χ1v) is 5.75. The third kappa shape index (κ3) is 7.33. The fourth-order valence-electron chi connectivity index (χ4n) is 1.40. The van der Waals surface area contributed by atoms with Gasteiger partial charge >= 0.3 is 0 Å². The van der Waals surface area contributed by atoms with Crippen molar-refractivity contribution in [3.05, 3.63) is 0 Å². The van der Waals surface area contributed by atoms with E-state index in [1.54, 1.807) is 0 Å². The predicted molar refractivity (Wildman–Crippen MR) is 64.0 cm³/mol. The van der Waals surface area contributed by atoms with E-state index in [0.717, 1.165) is 32.6 Å². The molecule has 0 aliphatic rings. The highest BCUT2D eigenvalue weighted by Crippen LogP contribution is 1.87. The summed E-state index contributed by atoms with van der Waals surface area (Å²) in [5, 5.41) is 3.17. The lowest BCUT2D eigenvalue weighted by atomic mass is 10.4. The minimum absolute atomic E-state index is 0.199. The second-order valence-corrected chi connectivity index (χ2v) is 3.90. The van der Waals surface area contributed by atoms with Crippen LogP contribution in [0.5, 0.6) is 0 Å². The van der Waals surface area contributed by atoms with Gasteiger partial charge < -0.3 is 15.1 Å². The molecule has 4 heteroatoms. The van der Waals surface area contributed by atoms with Crippen LogP contribution < -0.4 is 5.32 Å². The number of likely N-dealkylation sites (N-methyl/N-ethyl adjacent to an activating group) is 1. The van der Waals surface area contributed by atoms with Gasteiger partial charge in [0.1, 0.15) is 0 Å². The zero-order valence-corrected chi connectivity index (χ0v) is 10.5. The maximum Gasteiger partial charge on any atom is 0.236 e. The van der Waals surface area contributed by atoms with Crippen LogP contribution in [0.1, 0.15) is 20.3 Å². The number of hydrogen-bond acceptors (Lipinski definition) is 3. The molecule has 0 saturated heterocycles. The SMILES string of the molecule is CCN(CC)C(=O)CNCCCN(C)C. The topological polar surface area (TPSA) is 35.6 Å². The maximum absolute atomic E-state index is 11.6. The van der Waals surface area contributed by atoms with Gasteiger partial charge in [-0.2, -0.15) is 0 Å². The lowest BCUT2D eigenvalue weighted by Crippen LogP contribution is -2.38. The maximum atomic E-state index is 11.6. The number of nitrogens with zero attached hydrogens (tertiary/aromatic N) is 2. The largest absolute Gasteiger partial charge is 0.342 e. The van der Waals surface area contributed by atoms with Gasteiger partial charge in [-0.1, -0.05) is 0 Å². The Morgan fingerprint density at radius 3 is 2.27 bits per heavy atom. The van der Waals surface area contributed by atoms with Gasteiger partial charge in [0.25, 0.3) is 0 Å². The molecule has 0 aromatic rings. The first-order valence-electron chi connectivity index (χ1n) is 5.75. The molecule has 1 amide bonds. The molecule has 0 saturated carbocycles. The summed E-state index contributed by atoms with van der Waals surface area (Å²) in [5.74, 6) is 0.199. The fourth-order valence-corrected chi connectivity index (χ4v) is 1.40. The monoisotopic (exact) mass is 215 g/mol. The molecule has 0 bridgehead atoms. The molecule has 0 fully saturated rings. The van der Waals surface area contributed by atoms with Crippen LogP contribution in [0.2, 0.25) is 0 Å². The van der Waals surface area contributed by atoms with E-state index in [1.807, 2.05) is 18.7 Å². The molecule has 90 valence electrons. The highest BCUT2D eigenvalue weighted by molar-refractivity contribution is 5.78. The molecule has 0 aliphatic heterocycles. The molecule has 0 aromatic heterocycles. The number of carbonyl (C=O) groups is 1. The summed E-state index contributed by atoms with van der Waals surface area (Å²) < 4.78 is 0. The lowest BCUT2D eigenvalue weighted by molar-refractivity contribution is -0.129. The summed E-state index contributed by atoms with van der Waals surface area (Å²) >= 11 is 0. The summed E-state index contributed by atoms with van der Waals surface area (Å²) in [6.07, 6.45) is 1.08. The average molecular weight is 215 g/mol. The van der Waals surface area contributed by atoms with Crippen LogP contribution in [0.15, 0.2) is 0 Å². The van der Waals surface area contributed by atoms with E-state index in [1.165, 1.54) is 0 Å². The molecule has 0 spiro atoms. The van der Waals surface area contributed by atoms with Crippen LogP contribution in [0.4, 0.5) is 0 Å². The van der Waals surface area contributed by atoms with Crippen LogP contribution in [0.25, 0.3) is 0 Å². The van der Waals surface area contributed by atoms with Crippen molar-refractivity contribution in [3.8, 4) is 0 Å². The van der Waals surface area contributed by atoms with Gasteiger partial charge in [-0.05, 0) is 47.5 Å². The van der Waals surface area contributed by atoms with Gasteiger partial charge in [0.15, 0.2) is 0 Å². The van der Waals surface area contributed by atoms with E-state index in [0.29, 0.717) is 6.54 Å². The summed E-state index contributed by atoms with van der Waals surface area (Å²) in [6, 6.07) is 0. The minimum atomic E-state index is 0.199. The van der Waals surface area contributed by atoms with E-state index in [-0.39, 0.29) is 5.91 Å². The quantitative estimate of drug-likeness (QED) is 0.595. The van der Waals surface area contributed by atoms with Gasteiger partial charge in [0, 0.05) is 13.1 Å². The summed E-state index contributed by atoms with van der Waals surface area (Å²) in [4.78, 5) is 15.5. The molecule has 4 nitrogen and oxygen atoms in total.